The molecule has 0 amide bonds. The Bertz CT molecular complexity index is 1560. The molecule has 0 aromatic heterocycles. The van der Waals surface area contributed by atoms with Crippen molar-refractivity contribution in [1.29, 1.82) is 0 Å². The lowest BCUT2D eigenvalue weighted by Crippen LogP contribution is -2.21. The van der Waals surface area contributed by atoms with Crippen molar-refractivity contribution in [3.8, 4) is 11.5 Å². The minimum Gasteiger partial charge on any atom is -0.741 e. The molecule has 6 nitrogen and oxygen atoms in total. The van der Waals surface area contributed by atoms with Gasteiger partial charge in [-0.2, -0.15) is 13.2 Å². The zero-order valence-electron chi connectivity index (χ0n) is 22.0. The van der Waals surface area contributed by atoms with Crippen LogP contribution in [-0.2, 0) is 31.8 Å². The standard InChI is InChI=1S/C14H14OS.C10H8O.C4H8OS.CHF3O3S/c15-13-7-8-14(16-9-3-4-10-16)12-6-2-1-5-11(12)13;11-10-7-3-5-8-4-1-2-6-9(8)10;5-6-3-1-2-4-6;2-1(3,4)8(5,6)7/h1-2,5-8H,3-4,9-10H2;1-7,11H;1-4H2;(H,5,6,7). The second-order valence-corrected chi connectivity index (χ2v) is 14.5. The number of hydrogen-bond acceptors (Lipinski definition) is 6. The molecule has 4 aromatic rings. The van der Waals surface area contributed by atoms with Crippen LogP contribution in [0.1, 0.15) is 25.7 Å². The number of alkyl halides is 3. The molecular weight excluding hydrogens is 598 g/mol. The fraction of sp³-hybridized carbons (Fsp3) is 0.310. The summed E-state index contributed by atoms with van der Waals surface area (Å²) < 4.78 is 69.3. The molecule has 2 saturated heterocycles. The summed E-state index contributed by atoms with van der Waals surface area (Å²) in [4.78, 5) is 1.45. The van der Waals surface area contributed by atoms with E-state index in [2.05, 4.69) is 18.2 Å². The lowest BCUT2D eigenvalue weighted by Gasteiger charge is -2.08. The second kappa shape index (κ2) is 14.9. The third kappa shape index (κ3) is 9.63. The number of halogens is 3. The van der Waals surface area contributed by atoms with Crippen molar-refractivity contribution in [3.63, 3.8) is 0 Å². The third-order valence-corrected chi connectivity index (χ3v) is 10.8. The van der Waals surface area contributed by atoms with Crippen LogP contribution in [0.4, 0.5) is 13.2 Å². The number of fused-ring (bicyclic) bond motifs is 2. The van der Waals surface area contributed by atoms with E-state index in [0.717, 1.165) is 27.7 Å². The molecule has 0 atom stereocenters. The molecule has 2 fully saturated rings. The van der Waals surface area contributed by atoms with Gasteiger partial charge < -0.3 is 14.8 Å². The Morgan fingerprint density at radius 2 is 1.20 bits per heavy atom. The molecule has 12 heteroatoms. The summed E-state index contributed by atoms with van der Waals surface area (Å²) in [5, 5.41) is 23.4. The molecular formula is C29H31F3O6S3. The normalized spacial score (nSPS) is 15.8. The summed E-state index contributed by atoms with van der Waals surface area (Å²) in [5.41, 5.74) is -5.65. The van der Waals surface area contributed by atoms with Crippen LogP contribution in [0.5, 0.6) is 11.5 Å². The number of benzene rings is 4. The van der Waals surface area contributed by atoms with Gasteiger partial charge in [-0.05, 0) is 55.3 Å². The van der Waals surface area contributed by atoms with Gasteiger partial charge in [-0.1, -0.05) is 54.6 Å². The number of hydrogen-bond donors (Lipinski definition) is 2. The minimum absolute atomic E-state index is 0.350. The Hall–Kier alpha value is -2.80. The number of rotatable bonds is 1. The summed E-state index contributed by atoms with van der Waals surface area (Å²) in [6.07, 6.45) is 5.09. The summed E-state index contributed by atoms with van der Waals surface area (Å²) in [6.45, 7) is 0. The third-order valence-electron chi connectivity index (χ3n) is 6.25. The number of phenolic OH excluding ortho intramolecular Hbond substituents is 2. The van der Waals surface area contributed by atoms with E-state index < -0.39 is 26.4 Å². The molecule has 2 heterocycles. The molecule has 6 rings (SSSR count). The van der Waals surface area contributed by atoms with Gasteiger partial charge in [0.05, 0.1) is 0 Å². The van der Waals surface area contributed by atoms with Crippen molar-refractivity contribution in [2.75, 3.05) is 23.0 Å². The Labute approximate surface area is 242 Å². The maximum atomic E-state index is 10.7. The molecule has 2 aliphatic rings. The van der Waals surface area contributed by atoms with Crippen LogP contribution < -0.4 is 0 Å². The summed E-state index contributed by atoms with van der Waals surface area (Å²) in [5.74, 6) is 5.33. The van der Waals surface area contributed by atoms with Crippen LogP contribution in [0.3, 0.4) is 0 Å². The largest absolute Gasteiger partial charge is 0.741 e. The van der Waals surface area contributed by atoms with Crippen molar-refractivity contribution in [3.05, 3.63) is 78.9 Å². The fourth-order valence-corrected chi connectivity index (χ4v) is 7.97. The van der Waals surface area contributed by atoms with E-state index in [4.69, 9.17) is 13.0 Å². The first-order valence-corrected chi connectivity index (χ1v) is 17.3. The van der Waals surface area contributed by atoms with Crippen LogP contribution in [0.25, 0.3) is 21.5 Å². The van der Waals surface area contributed by atoms with E-state index in [9.17, 15) is 27.6 Å². The zero-order chi connectivity index (χ0) is 30.0. The molecule has 0 saturated carbocycles. The summed E-state index contributed by atoms with van der Waals surface area (Å²) >= 11 is 0. The zero-order valence-corrected chi connectivity index (χ0v) is 24.5. The van der Waals surface area contributed by atoms with E-state index in [1.54, 1.807) is 6.07 Å². The van der Waals surface area contributed by atoms with E-state index in [1.807, 2.05) is 54.6 Å². The predicted molar refractivity (Wildman–Crippen MR) is 159 cm³/mol. The molecule has 41 heavy (non-hydrogen) atoms. The molecule has 2 aliphatic heterocycles. The predicted octanol–water partition coefficient (Wildman–Crippen LogP) is 6.44. The van der Waals surface area contributed by atoms with Crippen molar-refractivity contribution >= 4 is 53.4 Å². The topological polar surface area (TPSA) is 115 Å². The van der Waals surface area contributed by atoms with E-state index in [0.29, 0.717) is 22.4 Å². The average molecular weight is 629 g/mol. The smallest absolute Gasteiger partial charge is 0.485 e. The van der Waals surface area contributed by atoms with E-state index in [-0.39, 0.29) is 0 Å². The first kappa shape index (κ1) is 32.7. The van der Waals surface area contributed by atoms with Crippen LogP contribution in [-0.4, -0.2) is 55.9 Å². The molecule has 0 unspecified atom stereocenters. The van der Waals surface area contributed by atoms with Gasteiger partial charge in [-0.15, -0.1) is 0 Å². The second-order valence-electron chi connectivity index (χ2n) is 9.19. The van der Waals surface area contributed by atoms with Gasteiger partial charge in [0.15, 0.2) is 15.0 Å². The molecule has 2 N–H and O–H groups in total. The van der Waals surface area contributed by atoms with Crippen LogP contribution in [0.2, 0.25) is 0 Å². The Balaban J connectivity index is 0.000000162. The van der Waals surface area contributed by atoms with Crippen molar-refractivity contribution in [2.24, 2.45) is 0 Å². The van der Waals surface area contributed by atoms with Crippen molar-refractivity contribution < 1.29 is 40.6 Å². The average Bonchev–Trinajstić information content (AvgIpc) is 3.64. The van der Waals surface area contributed by atoms with Gasteiger partial charge in [-0.3, -0.25) is 4.21 Å². The monoisotopic (exact) mass is 628 g/mol. The fourth-order valence-electron chi connectivity index (χ4n) is 4.22. The lowest BCUT2D eigenvalue weighted by atomic mass is 10.1. The molecule has 0 bridgehead atoms. The molecule has 0 spiro atoms. The Morgan fingerprint density at radius 3 is 1.71 bits per heavy atom. The van der Waals surface area contributed by atoms with Gasteiger partial charge in [0.2, 0.25) is 0 Å². The summed E-state index contributed by atoms with van der Waals surface area (Å²) in [6, 6.07) is 25.4. The first-order valence-electron chi connectivity index (χ1n) is 12.8. The minimum atomic E-state index is -6.09. The number of aromatic hydroxyl groups is 2. The van der Waals surface area contributed by atoms with Crippen molar-refractivity contribution in [1.82, 2.24) is 0 Å². The quantitative estimate of drug-likeness (QED) is 0.142. The highest BCUT2D eigenvalue weighted by molar-refractivity contribution is 7.97. The molecule has 222 valence electrons. The maximum Gasteiger partial charge on any atom is 0.485 e. The Morgan fingerprint density at radius 1 is 0.707 bits per heavy atom. The van der Waals surface area contributed by atoms with E-state index in [1.165, 1.54) is 47.5 Å². The van der Waals surface area contributed by atoms with Gasteiger partial charge in [0.1, 0.15) is 23.0 Å². The molecule has 4 aromatic carbocycles. The van der Waals surface area contributed by atoms with Crippen LogP contribution in [0.15, 0.2) is 83.8 Å². The number of phenols is 2. The molecule has 0 radical (unpaired) electrons. The highest BCUT2D eigenvalue weighted by Crippen LogP contribution is 2.34. The molecule has 0 aliphatic carbocycles. The van der Waals surface area contributed by atoms with Crippen molar-refractivity contribution in [2.45, 2.75) is 36.1 Å². The van der Waals surface area contributed by atoms with Gasteiger partial charge >= 0.3 is 5.51 Å². The van der Waals surface area contributed by atoms with Gasteiger partial charge in [0.25, 0.3) is 0 Å². The highest BCUT2D eigenvalue weighted by atomic mass is 32.2. The highest BCUT2D eigenvalue weighted by Gasteiger charge is 2.37. The van der Waals surface area contributed by atoms with E-state index >= 15 is 0 Å². The van der Waals surface area contributed by atoms with Crippen LogP contribution >= 0.6 is 0 Å². The first-order chi connectivity index (χ1) is 19.4. The van der Waals surface area contributed by atoms with Gasteiger partial charge in [-0.25, -0.2) is 8.42 Å². The maximum absolute atomic E-state index is 10.7. The lowest BCUT2D eigenvalue weighted by molar-refractivity contribution is -0.0517. The van der Waals surface area contributed by atoms with Crippen LogP contribution in [0, 0.1) is 0 Å². The van der Waals surface area contributed by atoms with Gasteiger partial charge in [0, 0.05) is 49.4 Å². The SMILES string of the molecule is O=S(=O)([O-])C(F)(F)F.O=S1CCCC1.Oc1ccc([S+]2CCCC2)c2ccccc12.Oc1cccc2ccccc12. The summed E-state index contributed by atoms with van der Waals surface area (Å²) in [7, 11) is -6.10. The Kier molecular flexibility index (Phi) is 11.9.